The lowest BCUT2D eigenvalue weighted by Gasteiger charge is -2.19. The average Bonchev–Trinajstić information content (AvgIpc) is 2.14. The first-order valence-electron chi connectivity index (χ1n) is 5.11. The first-order chi connectivity index (χ1) is 7.78. The highest BCUT2D eigenvalue weighted by Crippen LogP contribution is 2.15. The molecular weight excluding hydrogens is 222 g/mol. The van der Waals surface area contributed by atoms with Gasteiger partial charge in [0, 0.05) is 5.69 Å². The lowest BCUT2D eigenvalue weighted by molar-refractivity contribution is 0.00695. The average molecular weight is 237 g/mol. The van der Waals surface area contributed by atoms with Crippen LogP contribution in [0.1, 0.15) is 31.1 Å². The molecule has 0 heterocycles. The van der Waals surface area contributed by atoms with Gasteiger partial charge >= 0.3 is 12.1 Å². The van der Waals surface area contributed by atoms with Crippen molar-refractivity contribution in [1.29, 1.82) is 0 Å². The number of rotatable bonds is 2. The monoisotopic (exact) mass is 237 g/mol. The number of carboxylic acid groups (broad SMARTS) is 1. The van der Waals surface area contributed by atoms with E-state index in [0.29, 0.717) is 11.3 Å². The molecule has 1 amide bonds. The van der Waals surface area contributed by atoms with E-state index in [4.69, 9.17) is 9.84 Å². The number of carbonyl (C=O) groups is 2. The molecule has 0 saturated carbocycles. The highest BCUT2D eigenvalue weighted by atomic mass is 16.6. The van der Waals surface area contributed by atoms with Crippen molar-refractivity contribution in [2.75, 3.05) is 5.32 Å². The lowest BCUT2D eigenvalue weighted by Crippen LogP contribution is -2.24. The van der Waals surface area contributed by atoms with Gasteiger partial charge in [-0.2, -0.15) is 0 Å². The molecular formula is C12H15NO4. The fourth-order valence-electron chi connectivity index (χ4n) is 1.18. The van der Waals surface area contributed by atoms with E-state index in [0.717, 1.165) is 0 Å². The number of amides is 1. The molecule has 2 N–H and O–H groups in total. The van der Waals surface area contributed by atoms with Gasteiger partial charge in [0.2, 0.25) is 0 Å². The molecule has 0 aliphatic carbocycles. The van der Waals surface area contributed by atoms with Gasteiger partial charge in [0.25, 0.3) is 0 Å². The maximum atomic E-state index is 11.7. The molecule has 0 saturated heterocycles. The van der Waals surface area contributed by atoms with Crippen molar-refractivity contribution in [3.8, 4) is 0 Å². The van der Waals surface area contributed by atoms with Crippen LogP contribution in [0.5, 0.6) is 0 Å². The SMILES string of the molecule is CC(C)(C)OC(=O)c1cccc(NC(=O)O)c1. The van der Waals surface area contributed by atoms with E-state index in [1.54, 1.807) is 39.0 Å². The molecule has 0 unspecified atom stereocenters. The first kappa shape index (κ1) is 13.0. The van der Waals surface area contributed by atoms with Gasteiger partial charge in [0.15, 0.2) is 0 Å². The Kier molecular flexibility index (Phi) is 3.73. The third-order valence-electron chi connectivity index (χ3n) is 1.75. The summed E-state index contributed by atoms with van der Waals surface area (Å²) in [5.74, 6) is -0.480. The molecule has 0 aromatic heterocycles. The smallest absolute Gasteiger partial charge is 0.409 e. The van der Waals surface area contributed by atoms with E-state index < -0.39 is 17.7 Å². The van der Waals surface area contributed by atoms with Gasteiger partial charge < -0.3 is 9.84 Å². The Morgan fingerprint density at radius 2 is 1.94 bits per heavy atom. The van der Waals surface area contributed by atoms with Crippen LogP contribution in [0.4, 0.5) is 10.5 Å². The van der Waals surface area contributed by atoms with Crippen molar-refractivity contribution in [3.63, 3.8) is 0 Å². The third kappa shape index (κ3) is 4.55. The van der Waals surface area contributed by atoms with Gasteiger partial charge in [0.05, 0.1) is 5.56 Å². The largest absolute Gasteiger partial charge is 0.465 e. The molecule has 1 aromatic carbocycles. The van der Waals surface area contributed by atoms with Crippen molar-refractivity contribution in [1.82, 2.24) is 0 Å². The topological polar surface area (TPSA) is 75.6 Å². The molecule has 5 nitrogen and oxygen atoms in total. The number of ether oxygens (including phenoxy) is 1. The summed E-state index contributed by atoms with van der Waals surface area (Å²) in [6.07, 6.45) is -1.17. The molecule has 0 spiro atoms. The van der Waals surface area contributed by atoms with Crippen molar-refractivity contribution < 1.29 is 19.4 Å². The summed E-state index contributed by atoms with van der Waals surface area (Å²) in [6.45, 7) is 5.30. The molecule has 0 aliphatic heterocycles. The Morgan fingerprint density at radius 3 is 2.47 bits per heavy atom. The normalized spacial score (nSPS) is 10.8. The minimum atomic E-state index is -1.17. The molecule has 0 atom stereocenters. The van der Waals surface area contributed by atoms with E-state index in [2.05, 4.69) is 5.32 Å². The Labute approximate surface area is 99.4 Å². The molecule has 92 valence electrons. The molecule has 1 rings (SSSR count). The van der Waals surface area contributed by atoms with Crippen molar-refractivity contribution in [2.24, 2.45) is 0 Å². The van der Waals surface area contributed by atoms with Crippen molar-refractivity contribution in [2.45, 2.75) is 26.4 Å². The van der Waals surface area contributed by atoms with E-state index >= 15 is 0 Å². The Bertz CT molecular complexity index is 434. The second kappa shape index (κ2) is 4.86. The number of hydrogen-bond donors (Lipinski definition) is 2. The number of esters is 1. The van der Waals surface area contributed by atoms with Crippen molar-refractivity contribution in [3.05, 3.63) is 29.8 Å². The zero-order valence-corrected chi connectivity index (χ0v) is 9.98. The molecule has 5 heteroatoms. The maximum Gasteiger partial charge on any atom is 0.409 e. The molecule has 0 radical (unpaired) electrons. The minimum absolute atomic E-state index is 0.311. The second-order valence-electron chi connectivity index (χ2n) is 4.51. The van der Waals surface area contributed by atoms with Gasteiger partial charge in [-0.05, 0) is 39.0 Å². The van der Waals surface area contributed by atoms with Crippen LogP contribution >= 0.6 is 0 Å². The van der Waals surface area contributed by atoms with Gasteiger partial charge in [-0.15, -0.1) is 0 Å². The molecule has 0 bridgehead atoms. The zero-order valence-electron chi connectivity index (χ0n) is 9.98. The summed E-state index contributed by atoms with van der Waals surface area (Å²) in [5.41, 5.74) is 0.0693. The Hall–Kier alpha value is -2.04. The van der Waals surface area contributed by atoms with Crippen LogP contribution in [0.3, 0.4) is 0 Å². The summed E-state index contributed by atoms with van der Waals surface area (Å²) in [7, 11) is 0. The Morgan fingerprint density at radius 1 is 1.29 bits per heavy atom. The summed E-state index contributed by atoms with van der Waals surface area (Å²) < 4.78 is 5.17. The first-order valence-corrected chi connectivity index (χ1v) is 5.11. The van der Waals surface area contributed by atoms with Crippen molar-refractivity contribution >= 4 is 17.7 Å². The highest BCUT2D eigenvalue weighted by Gasteiger charge is 2.18. The van der Waals surface area contributed by atoms with Crippen LogP contribution in [0, 0.1) is 0 Å². The van der Waals surface area contributed by atoms with Crippen LogP contribution in [0.2, 0.25) is 0 Å². The Balaban J connectivity index is 2.84. The summed E-state index contributed by atoms with van der Waals surface area (Å²) >= 11 is 0. The zero-order chi connectivity index (χ0) is 13.1. The van der Waals surface area contributed by atoms with Crippen LogP contribution in [-0.2, 0) is 4.74 Å². The third-order valence-corrected chi connectivity index (χ3v) is 1.75. The maximum absolute atomic E-state index is 11.7. The van der Waals surface area contributed by atoms with Gasteiger partial charge in [-0.1, -0.05) is 6.07 Å². The lowest BCUT2D eigenvalue weighted by atomic mass is 10.1. The van der Waals surface area contributed by atoms with Gasteiger partial charge in [0.1, 0.15) is 5.60 Å². The number of hydrogen-bond acceptors (Lipinski definition) is 3. The van der Waals surface area contributed by atoms with E-state index in [9.17, 15) is 9.59 Å². The van der Waals surface area contributed by atoms with E-state index in [1.165, 1.54) is 6.07 Å². The van der Waals surface area contributed by atoms with Crippen LogP contribution in [0.15, 0.2) is 24.3 Å². The predicted molar refractivity (Wildman–Crippen MR) is 63.3 cm³/mol. The fraction of sp³-hybridized carbons (Fsp3) is 0.333. The number of benzene rings is 1. The second-order valence-corrected chi connectivity index (χ2v) is 4.51. The number of nitrogens with one attached hydrogen (secondary N) is 1. The van der Waals surface area contributed by atoms with Crippen LogP contribution in [-0.4, -0.2) is 22.8 Å². The summed E-state index contributed by atoms with van der Waals surface area (Å²) in [5, 5.41) is 10.7. The molecule has 0 fully saturated rings. The fourth-order valence-corrected chi connectivity index (χ4v) is 1.18. The number of carbonyl (C=O) groups excluding carboxylic acids is 1. The number of anilines is 1. The van der Waals surface area contributed by atoms with E-state index in [-0.39, 0.29) is 0 Å². The van der Waals surface area contributed by atoms with E-state index in [1.807, 2.05) is 0 Å². The summed E-state index contributed by atoms with van der Waals surface area (Å²) in [6, 6.07) is 6.15. The highest BCUT2D eigenvalue weighted by molar-refractivity contribution is 5.92. The van der Waals surface area contributed by atoms with Gasteiger partial charge in [-0.25, -0.2) is 9.59 Å². The predicted octanol–water partition coefficient (Wildman–Crippen LogP) is 2.73. The quantitative estimate of drug-likeness (QED) is 0.775. The van der Waals surface area contributed by atoms with Gasteiger partial charge in [-0.3, -0.25) is 5.32 Å². The standard InChI is InChI=1S/C12H15NO4/c1-12(2,3)17-10(14)8-5-4-6-9(7-8)13-11(15)16/h4-7,13H,1-3H3,(H,15,16). The molecule has 1 aromatic rings. The molecule has 0 aliphatic rings. The van der Waals surface area contributed by atoms with Crippen LogP contribution in [0.25, 0.3) is 0 Å². The minimum Gasteiger partial charge on any atom is -0.465 e. The van der Waals surface area contributed by atoms with Crippen LogP contribution < -0.4 is 5.32 Å². The summed E-state index contributed by atoms with van der Waals surface area (Å²) in [4.78, 5) is 22.2. The molecule has 17 heavy (non-hydrogen) atoms.